The molecule has 1 saturated heterocycles. The molecule has 108 valence electrons. The Hall–Kier alpha value is -1.88. The largest absolute Gasteiger partial charge is 0.516 e. The molecule has 0 spiro atoms. The number of benzene rings is 1. The Labute approximate surface area is 119 Å². The SMILES string of the molecule is CNC(=O)[C@H]1CCC[N+]1(C)C(=O)OCc1ccccc1. The zero-order valence-electron chi connectivity index (χ0n) is 12.0. The molecule has 0 aliphatic carbocycles. The van der Waals surface area contributed by atoms with Gasteiger partial charge in [-0.15, -0.1) is 0 Å². The second-order valence-electron chi connectivity index (χ2n) is 5.30. The number of likely N-dealkylation sites (N-methyl/N-ethyl adjacent to an activating group) is 2. The maximum atomic E-state index is 12.3. The van der Waals surface area contributed by atoms with Crippen LogP contribution in [0.1, 0.15) is 18.4 Å². The van der Waals surface area contributed by atoms with Crippen molar-refractivity contribution >= 4 is 12.0 Å². The number of nitrogens with zero attached hydrogens (tertiary/aromatic N) is 1. The molecule has 2 atom stereocenters. The maximum Gasteiger partial charge on any atom is 0.516 e. The minimum absolute atomic E-state index is 0.0342. The van der Waals surface area contributed by atoms with Crippen LogP contribution in [0.25, 0.3) is 0 Å². The summed E-state index contributed by atoms with van der Waals surface area (Å²) in [4.78, 5) is 24.2. The van der Waals surface area contributed by atoms with Gasteiger partial charge in [-0.2, -0.15) is 4.79 Å². The van der Waals surface area contributed by atoms with E-state index in [-0.39, 0.29) is 29.1 Å². The molecule has 1 N–H and O–H groups in total. The summed E-state index contributed by atoms with van der Waals surface area (Å²) < 4.78 is 5.43. The highest BCUT2D eigenvalue weighted by atomic mass is 16.6. The van der Waals surface area contributed by atoms with Crippen LogP contribution in [-0.2, 0) is 16.1 Å². The highest BCUT2D eigenvalue weighted by molar-refractivity contribution is 5.82. The molecular weight excluding hydrogens is 256 g/mol. The van der Waals surface area contributed by atoms with Crippen molar-refractivity contribution in [2.75, 3.05) is 20.6 Å². The normalized spacial score (nSPS) is 25.2. The van der Waals surface area contributed by atoms with Crippen LogP contribution in [0, 0.1) is 0 Å². The van der Waals surface area contributed by atoms with Crippen molar-refractivity contribution in [3.8, 4) is 0 Å². The molecule has 0 radical (unpaired) electrons. The Bertz CT molecular complexity index is 489. The quantitative estimate of drug-likeness (QED) is 0.855. The summed E-state index contributed by atoms with van der Waals surface area (Å²) >= 11 is 0. The molecular formula is C15H21N2O3+. The van der Waals surface area contributed by atoms with Gasteiger partial charge in [-0.3, -0.25) is 4.79 Å². The lowest BCUT2D eigenvalue weighted by molar-refractivity contribution is -0.841. The number of rotatable bonds is 3. The lowest BCUT2D eigenvalue weighted by Gasteiger charge is -2.30. The van der Waals surface area contributed by atoms with Crippen molar-refractivity contribution in [1.29, 1.82) is 0 Å². The van der Waals surface area contributed by atoms with E-state index in [1.807, 2.05) is 30.3 Å². The summed E-state index contributed by atoms with van der Waals surface area (Å²) in [6, 6.07) is 9.20. The minimum atomic E-state index is -0.344. The van der Waals surface area contributed by atoms with Gasteiger partial charge in [0.2, 0.25) is 0 Å². The van der Waals surface area contributed by atoms with E-state index in [2.05, 4.69) is 5.32 Å². The first-order valence-electron chi connectivity index (χ1n) is 6.86. The number of carbonyl (C=O) groups excluding carboxylic acids is 2. The number of hydrogen-bond acceptors (Lipinski definition) is 3. The van der Waals surface area contributed by atoms with Crippen molar-refractivity contribution in [2.24, 2.45) is 0 Å². The first-order valence-corrected chi connectivity index (χ1v) is 6.86. The molecule has 1 unspecified atom stereocenters. The second-order valence-corrected chi connectivity index (χ2v) is 5.30. The molecule has 1 aromatic carbocycles. The number of ether oxygens (including phenoxy) is 1. The lowest BCUT2D eigenvalue weighted by atomic mass is 10.2. The Kier molecular flexibility index (Phi) is 4.39. The number of carbonyl (C=O) groups is 2. The summed E-state index contributed by atoms with van der Waals surface area (Å²) in [6.45, 7) is 0.889. The van der Waals surface area contributed by atoms with Crippen molar-refractivity contribution < 1.29 is 18.8 Å². The Morgan fingerprint density at radius 1 is 1.35 bits per heavy atom. The number of quaternary nitrogens is 1. The third-order valence-corrected chi connectivity index (χ3v) is 3.96. The molecule has 1 aliphatic heterocycles. The Morgan fingerprint density at radius 2 is 2.05 bits per heavy atom. The van der Waals surface area contributed by atoms with E-state index in [9.17, 15) is 9.59 Å². The van der Waals surface area contributed by atoms with Crippen LogP contribution in [0.2, 0.25) is 0 Å². The monoisotopic (exact) mass is 277 g/mol. The van der Waals surface area contributed by atoms with Crippen LogP contribution in [0.15, 0.2) is 30.3 Å². The predicted octanol–water partition coefficient (Wildman–Crippen LogP) is 1.68. The molecule has 2 amide bonds. The average Bonchev–Trinajstić information content (AvgIpc) is 2.88. The molecule has 1 aromatic rings. The van der Waals surface area contributed by atoms with Gasteiger partial charge in [-0.05, 0) is 5.56 Å². The minimum Gasteiger partial charge on any atom is -0.415 e. The van der Waals surface area contributed by atoms with Crippen molar-refractivity contribution in [3.05, 3.63) is 35.9 Å². The summed E-state index contributed by atoms with van der Waals surface area (Å²) in [5, 5.41) is 2.63. The van der Waals surface area contributed by atoms with Crippen LogP contribution in [0.3, 0.4) is 0 Å². The van der Waals surface area contributed by atoms with Gasteiger partial charge in [0.1, 0.15) is 6.61 Å². The molecule has 5 nitrogen and oxygen atoms in total. The number of nitrogens with one attached hydrogen (secondary N) is 1. The van der Waals surface area contributed by atoms with Crippen molar-refractivity contribution in [2.45, 2.75) is 25.5 Å². The van der Waals surface area contributed by atoms with Crippen molar-refractivity contribution in [3.63, 3.8) is 0 Å². The van der Waals surface area contributed by atoms with E-state index in [1.165, 1.54) is 0 Å². The highest BCUT2D eigenvalue weighted by Crippen LogP contribution is 2.26. The van der Waals surface area contributed by atoms with Crippen LogP contribution in [0.4, 0.5) is 4.79 Å². The van der Waals surface area contributed by atoms with E-state index in [0.717, 1.165) is 18.4 Å². The molecule has 20 heavy (non-hydrogen) atoms. The van der Waals surface area contributed by atoms with E-state index in [1.54, 1.807) is 14.1 Å². The fourth-order valence-electron chi connectivity index (χ4n) is 2.70. The molecule has 1 heterocycles. The maximum absolute atomic E-state index is 12.3. The molecule has 1 aliphatic rings. The first kappa shape index (κ1) is 14.5. The summed E-state index contributed by atoms with van der Waals surface area (Å²) in [5.74, 6) is -0.0957. The van der Waals surface area contributed by atoms with Gasteiger partial charge in [-0.25, -0.2) is 4.48 Å². The van der Waals surface area contributed by atoms with Crippen molar-refractivity contribution in [1.82, 2.24) is 5.32 Å². The van der Waals surface area contributed by atoms with Gasteiger partial charge in [0.05, 0.1) is 13.6 Å². The van der Waals surface area contributed by atoms with E-state index < -0.39 is 0 Å². The van der Waals surface area contributed by atoms with E-state index in [0.29, 0.717) is 6.54 Å². The van der Waals surface area contributed by atoms with Gasteiger partial charge in [0, 0.05) is 19.9 Å². The number of likely N-dealkylation sites (tertiary alicyclic amines) is 1. The smallest absolute Gasteiger partial charge is 0.415 e. The summed E-state index contributed by atoms with van der Waals surface area (Å²) in [6.07, 6.45) is 1.24. The van der Waals surface area contributed by atoms with Crippen LogP contribution in [-0.4, -0.2) is 43.2 Å². The van der Waals surface area contributed by atoms with E-state index in [4.69, 9.17) is 4.74 Å². The van der Waals surface area contributed by atoms with Gasteiger partial charge < -0.3 is 10.1 Å². The van der Waals surface area contributed by atoms with Crippen LogP contribution < -0.4 is 5.32 Å². The molecule has 1 fully saturated rings. The average molecular weight is 277 g/mol. The summed E-state index contributed by atoms with van der Waals surface area (Å²) in [7, 11) is 3.38. The molecule has 0 aromatic heterocycles. The molecule has 5 heteroatoms. The third kappa shape index (κ3) is 2.82. The zero-order valence-corrected chi connectivity index (χ0v) is 12.0. The first-order chi connectivity index (χ1) is 9.58. The van der Waals surface area contributed by atoms with Gasteiger partial charge >= 0.3 is 6.09 Å². The third-order valence-electron chi connectivity index (χ3n) is 3.96. The molecule has 0 saturated carbocycles. The lowest BCUT2D eigenvalue weighted by Crippen LogP contribution is -2.58. The van der Waals surface area contributed by atoms with Gasteiger partial charge in [0.25, 0.3) is 5.91 Å². The standard InChI is InChI=1S/C15H20N2O3/c1-16-14(18)13-9-6-10-17(13,2)15(19)20-11-12-7-4-3-5-8-12/h3-5,7-8,13H,6,9-11H2,1-2H3/p+1/t13-,17?/m1/s1. The zero-order chi connectivity index (χ0) is 14.6. The Balaban J connectivity index is 2.02. The molecule has 0 bridgehead atoms. The predicted molar refractivity (Wildman–Crippen MR) is 74.8 cm³/mol. The molecule has 2 rings (SSSR count). The van der Waals surface area contributed by atoms with Gasteiger partial charge in [-0.1, -0.05) is 30.3 Å². The fourth-order valence-corrected chi connectivity index (χ4v) is 2.70. The topological polar surface area (TPSA) is 55.4 Å². The van der Waals surface area contributed by atoms with Crippen LogP contribution in [0.5, 0.6) is 0 Å². The highest BCUT2D eigenvalue weighted by Gasteiger charge is 2.49. The second kappa shape index (κ2) is 6.05. The van der Waals surface area contributed by atoms with Crippen LogP contribution >= 0.6 is 0 Å². The number of hydrogen-bond donors (Lipinski definition) is 1. The van der Waals surface area contributed by atoms with Gasteiger partial charge in [0.15, 0.2) is 6.04 Å². The summed E-state index contributed by atoms with van der Waals surface area (Å²) in [5.41, 5.74) is 0.947. The Morgan fingerprint density at radius 3 is 2.70 bits per heavy atom. The van der Waals surface area contributed by atoms with E-state index >= 15 is 0 Å². The number of amides is 2. The fraction of sp³-hybridized carbons (Fsp3) is 0.467.